The second-order valence-corrected chi connectivity index (χ2v) is 15.1. The van der Waals surface area contributed by atoms with E-state index in [0.29, 0.717) is 102 Å². The van der Waals surface area contributed by atoms with Gasteiger partial charge in [0.25, 0.3) is 11.8 Å². The Bertz CT molecular complexity index is 1490. The Morgan fingerprint density at radius 2 is 1.02 bits per heavy atom. The standard InChI is InChI=1S/C30H28Cl4N4O4S4/c31-17-9-7-11-19(23(17)33)35-21(39)13-3-1-5-15-37-27(41)25(45-29(37)43)26-28(42)38(30(44)46-26)16-6-2-4-14-22(40)36-20-12-8-10-18(32)24(20)34/h7-12H,1-6,13-16H2,(H,35,39)(H,36,40). The van der Waals surface area contributed by atoms with Gasteiger partial charge in [-0.1, -0.05) is 119 Å². The lowest BCUT2D eigenvalue weighted by Crippen LogP contribution is -2.31. The molecule has 2 aromatic carbocycles. The lowest BCUT2D eigenvalue weighted by Gasteiger charge is -2.15. The van der Waals surface area contributed by atoms with Crippen LogP contribution in [0, 0.1) is 0 Å². The maximum Gasteiger partial charge on any atom is 0.267 e. The minimum absolute atomic E-state index is 0.179. The number of benzene rings is 2. The molecule has 46 heavy (non-hydrogen) atoms. The minimum atomic E-state index is -0.310. The average molecular weight is 779 g/mol. The molecule has 2 fully saturated rings. The monoisotopic (exact) mass is 776 g/mol. The first-order valence-corrected chi connectivity index (χ1v) is 18.2. The van der Waals surface area contributed by atoms with E-state index in [1.165, 1.54) is 9.80 Å². The van der Waals surface area contributed by atoms with E-state index in [4.69, 9.17) is 70.8 Å². The quantitative estimate of drug-likeness (QED) is 0.112. The highest BCUT2D eigenvalue weighted by Crippen LogP contribution is 2.42. The van der Waals surface area contributed by atoms with Gasteiger partial charge in [0.1, 0.15) is 8.64 Å². The maximum absolute atomic E-state index is 13.2. The summed E-state index contributed by atoms with van der Waals surface area (Å²) in [5.74, 6) is -0.979. The summed E-state index contributed by atoms with van der Waals surface area (Å²) >= 11 is 37.3. The van der Waals surface area contributed by atoms with Crippen LogP contribution in [0.1, 0.15) is 51.4 Å². The fourth-order valence-corrected chi connectivity index (χ4v) is 8.01. The van der Waals surface area contributed by atoms with Crippen molar-refractivity contribution in [2.24, 2.45) is 0 Å². The van der Waals surface area contributed by atoms with E-state index >= 15 is 0 Å². The summed E-state index contributed by atoms with van der Waals surface area (Å²) in [5, 5.41) is 6.83. The molecule has 0 aliphatic carbocycles. The molecule has 8 nitrogen and oxygen atoms in total. The Morgan fingerprint density at radius 1 is 0.630 bits per heavy atom. The molecule has 0 atom stereocenters. The number of hydrogen-bond donors (Lipinski definition) is 2. The second-order valence-electron chi connectivity index (χ2n) is 10.2. The Hall–Kier alpha value is -1.90. The van der Waals surface area contributed by atoms with Crippen LogP contribution in [0.15, 0.2) is 46.2 Å². The molecule has 0 bridgehead atoms. The molecule has 16 heteroatoms. The summed E-state index contributed by atoms with van der Waals surface area (Å²) in [6.07, 6.45) is 4.45. The van der Waals surface area contributed by atoms with E-state index in [1.54, 1.807) is 36.4 Å². The predicted molar refractivity (Wildman–Crippen MR) is 198 cm³/mol. The topological polar surface area (TPSA) is 98.8 Å². The van der Waals surface area contributed by atoms with Crippen LogP contribution in [0.25, 0.3) is 0 Å². The first kappa shape index (κ1) is 36.9. The number of carbonyl (C=O) groups is 4. The molecule has 0 unspecified atom stereocenters. The van der Waals surface area contributed by atoms with Gasteiger partial charge in [0.15, 0.2) is 0 Å². The molecule has 244 valence electrons. The van der Waals surface area contributed by atoms with Crippen molar-refractivity contribution in [2.45, 2.75) is 51.4 Å². The number of thioether (sulfide) groups is 2. The van der Waals surface area contributed by atoms with Crippen LogP contribution in [0.3, 0.4) is 0 Å². The first-order valence-electron chi connectivity index (χ1n) is 14.3. The summed E-state index contributed by atoms with van der Waals surface area (Å²) in [6.45, 7) is 0.764. The number of unbranched alkanes of at least 4 members (excludes halogenated alkanes) is 4. The molecule has 4 amide bonds. The van der Waals surface area contributed by atoms with Gasteiger partial charge >= 0.3 is 0 Å². The third-order valence-corrected chi connectivity index (χ3v) is 11.6. The van der Waals surface area contributed by atoms with Crippen molar-refractivity contribution in [3.8, 4) is 0 Å². The summed E-state index contributed by atoms with van der Waals surface area (Å²) in [7, 11) is 0. The van der Waals surface area contributed by atoms with Crippen molar-refractivity contribution in [3.63, 3.8) is 0 Å². The van der Waals surface area contributed by atoms with Gasteiger partial charge in [0, 0.05) is 25.9 Å². The van der Waals surface area contributed by atoms with E-state index in [9.17, 15) is 19.2 Å². The lowest BCUT2D eigenvalue weighted by atomic mass is 10.1. The van der Waals surface area contributed by atoms with Crippen molar-refractivity contribution >= 4 is 138 Å². The van der Waals surface area contributed by atoms with E-state index in [1.807, 2.05) is 0 Å². The Morgan fingerprint density at radius 3 is 1.41 bits per heavy atom. The number of halogens is 4. The van der Waals surface area contributed by atoms with E-state index in [-0.39, 0.29) is 36.5 Å². The molecule has 2 aliphatic rings. The SMILES string of the molecule is O=C(CCCCCN1C(=O)C(=C2SC(=S)N(CCCCCC(=O)Nc3cccc(Cl)c3Cl)C2=O)SC1=S)Nc1cccc(Cl)c1Cl. The third-order valence-electron chi connectivity index (χ3n) is 6.93. The maximum atomic E-state index is 13.2. The Kier molecular flexibility index (Phi) is 14.0. The minimum Gasteiger partial charge on any atom is -0.325 e. The van der Waals surface area contributed by atoms with Gasteiger partial charge in [-0.05, 0) is 49.9 Å². The highest BCUT2D eigenvalue weighted by molar-refractivity contribution is 8.29. The molecule has 2 aliphatic heterocycles. The van der Waals surface area contributed by atoms with Gasteiger partial charge in [-0.2, -0.15) is 0 Å². The van der Waals surface area contributed by atoms with Crippen LogP contribution in [0.5, 0.6) is 0 Å². The molecule has 0 saturated carbocycles. The molecule has 0 spiro atoms. The lowest BCUT2D eigenvalue weighted by molar-refractivity contribution is -0.124. The van der Waals surface area contributed by atoms with Crippen molar-refractivity contribution in [1.29, 1.82) is 0 Å². The normalized spacial score (nSPS) is 16.5. The van der Waals surface area contributed by atoms with Crippen LogP contribution in [0.2, 0.25) is 20.1 Å². The molecular weight excluding hydrogens is 750 g/mol. The van der Waals surface area contributed by atoms with Crippen molar-refractivity contribution < 1.29 is 19.2 Å². The summed E-state index contributed by atoms with van der Waals surface area (Å²) < 4.78 is 0.770. The number of rotatable bonds is 14. The van der Waals surface area contributed by atoms with Gasteiger partial charge in [-0.25, -0.2) is 0 Å². The van der Waals surface area contributed by atoms with Crippen molar-refractivity contribution in [3.05, 3.63) is 66.3 Å². The van der Waals surface area contributed by atoms with Crippen LogP contribution in [0.4, 0.5) is 11.4 Å². The van der Waals surface area contributed by atoms with Gasteiger partial charge in [0.2, 0.25) is 11.8 Å². The molecule has 2 saturated heterocycles. The molecule has 2 heterocycles. The van der Waals surface area contributed by atoms with E-state index < -0.39 is 0 Å². The highest BCUT2D eigenvalue weighted by Gasteiger charge is 2.41. The Balaban J connectivity index is 1.18. The number of hydrogen-bond acceptors (Lipinski definition) is 8. The first-order chi connectivity index (χ1) is 22.0. The number of nitrogens with zero attached hydrogens (tertiary/aromatic N) is 2. The number of carbonyl (C=O) groups excluding carboxylic acids is 4. The van der Waals surface area contributed by atoms with E-state index in [2.05, 4.69) is 10.6 Å². The van der Waals surface area contributed by atoms with Crippen molar-refractivity contribution in [2.75, 3.05) is 23.7 Å². The van der Waals surface area contributed by atoms with E-state index in [0.717, 1.165) is 23.5 Å². The smallest absolute Gasteiger partial charge is 0.267 e. The fourth-order valence-electron chi connectivity index (χ4n) is 4.55. The summed E-state index contributed by atoms with van der Waals surface area (Å²) in [4.78, 5) is 54.6. The van der Waals surface area contributed by atoms with Gasteiger partial charge in [-0.15, -0.1) is 0 Å². The number of thiocarbonyl (C=S) groups is 2. The molecule has 0 aromatic heterocycles. The predicted octanol–water partition coefficient (Wildman–Crippen LogP) is 8.93. The van der Waals surface area contributed by atoms with Gasteiger partial charge in [-0.3, -0.25) is 29.0 Å². The zero-order chi connectivity index (χ0) is 33.4. The molecular formula is C30H28Cl4N4O4S4. The largest absolute Gasteiger partial charge is 0.325 e. The molecule has 2 N–H and O–H groups in total. The number of nitrogens with one attached hydrogen (secondary N) is 2. The second kappa shape index (κ2) is 17.5. The molecule has 4 rings (SSSR count). The van der Waals surface area contributed by atoms with Gasteiger partial charge < -0.3 is 10.6 Å². The third kappa shape index (κ3) is 9.59. The fraction of sp³-hybridized carbons (Fsp3) is 0.333. The van der Waals surface area contributed by atoms with Crippen LogP contribution in [-0.2, 0) is 19.2 Å². The summed E-state index contributed by atoms with van der Waals surface area (Å²) in [6, 6.07) is 10.1. The zero-order valence-electron chi connectivity index (χ0n) is 24.2. The van der Waals surface area contributed by atoms with Crippen LogP contribution in [-0.4, -0.2) is 55.2 Å². The zero-order valence-corrected chi connectivity index (χ0v) is 30.5. The van der Waals surface area contributed by atoms with Crippen LogP contribution < -0.4 is 10.6 Å². The summed E-state index contributed by atoms with van der Waals surface area (Å²) in [5.41, 5.74) is 0.923. The van der Waals surface area contributed by atoms with Crippen LogP contribution >= 0.6 is 94.4 Å². The number of anilines is 2. The number of amides is 4. The highest BCUT2D eigenvalue weighted by atomic mass is 35.5. The average Bonchev–Trinajstić information content (AvgIpc) is 3.45. The van der Waals surface area contributed by atoms with Crippen molar-refractivity contribution in [1.82, 2.24) is 9.80 Å². The molecule has 0 radical (unpaired) electrons. The van der Waals surface area contributed by atoms with Gasteiger partial charge in [0.05, 0.1) is 41.3 Å². The Labute approximate surface area is 306 Å². The molecule has 2 aromatic rings.